The van der Waals surface area contributed by atoms with Crippen molar-refractivity contribution in [2.45, 2.75) is 13.3 Å². The van der Waals surface area contributed by atoms with Crippen LogP contribution in [0.5, 0.6) is 0 Å². The van der Waals surface area contributed by atoms with E-state index >= 15 is 0 Å². The highest BCUT2D eigenvalue weighted by Crippen LogP contribution is 2.20. The Labute approximate surface area is 138 Å². The van der Waals surface area contributed by atoms with Crippen LogP contribution in [-0.4, -0.2) is 18.5 Å². The lowest BCUT2D eigenvalue weighted by Gasteiger charge is -2.09. The molecule has 0 heterocycles. The standard InChI is InChI=1S/C17H15ClFNO3/c1-11-5-6-13(18)9-15(11)20-16(21)10-23-17(22)8-12-3-2-4-14(19)7-12/h2-7,9H,8,10H2,1H3,(H,20,21). The maximum Gasteiger partial charge on any atom is 0.310 e. The van der Waals surface area contributed by atoms with E-state index in [4.69, 9.17) is 16.3 Å². The minimum Gasteiger partial charge on any atom is -0.455 e. The van der Waals surface area contributed by atoms with Crippen molar-refractivity contribution in [2.75, 3.05) is 11.9 Å². The van der Waals surface area contributed by atoms with Gasteiger partial charge in [0.15, 0.2) is 6.61 Å². The van der Waals surface area contributed by atoms with Crippen molar-refractivity contribution in [1.29, 1.82) is 0 Å². The first kappa shape index (κ1) is 17.0. The third-order valence-corrected chi connectivity index (χ3v) is 3.31. The maximum absolute atomic E-state index is 13.0. The van der Waals surface area contributed by atoms with Gasteiger partial charge in [-0.05, 0) is 42.3 Å². The Kier molecular flexibility index (Phi) is 5.71. The van der Waals surface area contributed by atoms with Gasteiger partial charge in [-0.1, -0.05) is 29.8 Å². The Hall–Kier alpha value is -2.40. The van der Waals surface area contributed by atoms with Crippen molar-refractivity contribution >= 4 is 29.2 Å². The molecule has 0 atom stereocenters. The molecule has 0 aromatic heterocycles. The van der Waals surface area contributed by atoms with E-state index in [-0.39, 0.29) is 6.42 Å². The highest BCUT2D eigenvalue weighted by Gasteiger charge is 2.10. The van der Waals surface area contributed by atoms with Gasteiger partial charge in [0.1, 0.15) is 5.82 Å². The molecule has 0 saturated carbocycles. The molecular formula is C17H15ClFNO3. The van der Waals surface area contributed by atoms with Crippen molar-refractivity contribution in [2.24, 2.45) is 0 Å². The van der Waals surface area contributed by atoms with Crippen LogP contribution in [0.2, 0.25) is 5.02 Å². The van der Waals surface area contributed by atoms with Crippen LogP contribution in [0.3, 0.4) is 0 Å². The third kappa shape index (κ3) is 5.38. The molecule has 4 nitrogen and oxygen atoms in total. The second-order valence-electron chi connectivity index (χ2n) is 4.97. The van der Waals surface area contributed by atoms with E-state index in [0.717, 1.165) is 5.56 Å². The minimum atomic E-state index is -0.603. The van der Waals surface area contributed by atoms with Gasteiger partial charge in [-0.3, -0.25) is 9.59 Å². The molecule has 2 aromatic carbocycles. The van der Waals surface area contributed by atoms with Crippen LogP contribution in [0.25, 0.3) is 0 Å². The van der Waals surface area contributed by atoms with E-state index in [1.54, 1.807) is 24.3 Å². The fourth-order valence-electron chi connectivity index (χ4n) is 1.93. The molecule has 6 heteroatoms. The molecule has 0 aliphatic rings. The molecule has 0 aliphatic heterocycles. The fraction of sp³-hybridized carbons (Fsp3) is 0.176. The zero-order valence-corrected chi connectivity index (χ0v) is 13.2. The Morgan fingerprint density at radius 2 is 2.00 bits per heavy atom. The van der Waals surface area contributed by atoms with Crippen LogP contribution >= 0.6 is 11.6 Å². The predicted molar refractivity (Wildman–Crippen MR) is 85.9 cm³/mol. The SMILES string of the molecule is Cc1ccc(Cl)cc1NC(=O)COC(=O)Cc1cccc(F)c1. The monoisotopic (exact) mass is 335 g/mol. The molecule has 0 fully saturated rings. The van der Waals surface area contributed by atoms with E-state index < -0.39 is 24.3 Å². The summed E-state index contributed by atoms with van der Waals surface area (Å²) in [5.74, 6) is -1.50. The molecule has 2 aromatic rings. The number of ether oxygens (including phenoxy) is 1. The molecule has 0 radical (unpaired) electrons. The normalized spacial score (nSPS) is 10.2. The number of nitrogens with one attached hydrogen (secondary N) is 1. The number of esters is 1. The molecule has 0 bridgehead atoms. The quantitative estimate of drug-likeness (QED) is 0.851. The van der Waals surface area contributed by atoms with Gasteiger partial charge in [0.2, 0.25) is 0 Å². The first-order chi connectivity index (χ1) is 10.9. The van der Waals surface area contributed by atoms with E-state index in [1.165, 1.54) is 18.2 Å². The van der Waals surface area contributed by atoms with Crippen LogP contribution in [-0.2, 0) is 20.7 Å². The lowest BCUT2D eigenvalue weighted by atomic mass is 10.1. The number of amides is 1. The highest BCUT2D eigenvalue weighted by molar-refractivity contribution is 6.31. The Morgan fingerprint density at radius 3 is 2.74 bits per heavy atom. The number of carbonyl (C=O) groups excluding carboxylic acids is 2. The zero-order valence-electron chi connectivity index (χ0n) is 12.4. The van der Waals surface area contributed by atoms with E-state index in [2.05, 4.69) is 5.32 Å². The van der Waals surface area contributed by atoms with E-state index in [0.29, 0.717) is 16.3 Å². The summed E-state index contributed by atoms with van der Waals surface area (Å²) in [5.41, 5.74) is 1.89. The summed E-state index contributed by atoms with van der Waals surface area (Å²) in [6.07, 6.45) is -0.0960. The van der Waals surface area contributed by atoms with Crippen molar-refractivity contribution in [3.63, 3.8) is 0 Å². The van der Waals surface area contributed by atoms with Gasteiger partial charge in [0.05, 0.1) is 6.42 Å². The van der Waals surface area contributed by atoms with Gasteiger partial charge in [0, 0.05) is 10.7 Å². The number of halogens is 2. The van der Waals surface area contributed by atoms with Crippen molar-refractivity contribution in [1.82, 2.24) is 0 Å². The summed E-state index contributed by atoms with van der Waals surface area (Å²) < 4.78 is 17.9. The molecule has 1 N–H and O–H groups in total. The van der Waals surface area contributed by atoms with Gasteiger partial charge >= 0.3 is 5.97 Å². The van der Waals surface area contributed by atoms with E-state index in [1.807, 2.05) is 6.92 Å². The second-order valence-corrected chi connectivity index (χ2v) is 5.41. The number of hydrogen-bond acceptors (Lipinski definition) is 3. The number of hydrogen-bond donors (Lipinski definition) is 1. The zero-order chi connectivity index (χ0) is 16.8. The van der Waals surface area contributed by atoms with Gasteiger partial charge in [-0.15, -0.1) is 0 Å². The van der Waals surface area contributed by atoms with Crippen LogP contribution in [0, 0.1) is 12.7 Å². The Bertz CT molecular complexity index is 734. The molecule has 0 spiro atoms. The average molecular weight is 336 g/mol. The smallest absolute Gasteiger partial charge is 0.310 e. The molecule has 1 amide bonds. The molecule has 23 heavy (non-hydrogen) atoms. The largest absolute Gasteiger partial charge is 0.455 e. The molecule has 2 rings (SSSR count). The lowest BCUT2D eigenvalue weighted by molar-refractivity contribution is -0.146. The molecule has 0 saturated heterocycles. The number of aryl methyl sites for hydroxylation is 1. The summed E-state index contributed by atoms with van der Waals surface area (Å²) in [4.78, 5) is 23.5. The van der Waals surface area contributed by atoms with Crippen molar-refractivity contribution in [3.8, 4) is 0 Å². The first-order valence-electron chi connectivity index (χ1n) is 6.90. The predicted octanol–water partition coefficient (Wildman–Crippen LogP) is 3.51. The number of rotatable bonds is 5. The Balaban J connectivity index is 1.84. The van der Waals surface area contributed by atoms with Gasteiger partial charge < -0.3 is 10.1 Å². The van der Waals surface area contributed by atoms with Crippen LogP contribution in [0.15, 0.2) is 42.5 Å². The summed E-state index contributed by atoms with van der Waals surface area (Å²) in [5, 5.41) is 3.11. The van der Waals surface area contributed by atoms with Crippen molar-refractivity contribution < 1.29 is 18.7 Å². The molecule has 120 valence electrons. The highest BCUT2D eigenvalue weighted by atomic mass is 35.5. The van der Waals surface area contributed by atoms with Gasteiger partial charge in [-0.25, -0.2) is 4.39 Å². The topological polar surface area (TPSA) is 55.4 Å². The minimum absolute atomic E-state index is 0.0960. The maximum atomic E-state index is 13.0. The summed E-state index contributed by atoms with van der Waals surface area (Å²) in [6, 6.07) is 10.8. The van der Waals surface area contributed by atoms with Crippen LogP contribution in [0.4, 0.5) is 10.1 Å². The average Bonchev–Trinajstić information content (AvgIpc) is 2.49. The van der Waals surface area contributed by atoms with Crippen molar-refractivity contribution in [3.05, 3.63) is 64.4 Å². The molecule has 0 aliphatic carbocycles. The van der Waals surface area contributed by atoms with E-state index in [9.17, 15) is 14.0 Å². The summed E-state index contributed by atoms with van der Waals surface area (Å²) >= 11 is 5.86. The van der Waals surface area contributed by atoms with Gasteiger partial charge in [0.25, 0.3) is 5.91 Å². The molecular weight excluding hydrogens is 321 g/mol. The number of benzene rings is 2. The second kappa shape index (κ2) is 7.74. The molecule has 0 unspecified atom stereocenters. The summed E-state index contributed by atoms with van der Waals surface area (Å²) in [7, 11) is 0. The summed E-state index contributed by atoms with van der Waals surface area (Å²) in [6.45, 7) is 1.40. The lowest BCUT2D eigenvalue weighted by Crippen LogP contribution is -2.22. The first-order valence-corrected chi connectivity index (χ1v) is 7.28. The Morgan fingerprint density at radius 1 is 1.22 bits per heavy atom. The van der Waals surface area contributed by atoms with Gasteiger partial charge in [-0.2, -0.15) is 0 Å². The third-order valence-electron chi connectivity index (χ3n) is 3.08. The van der Waals surface area contributed by atoms with Crippen LogP contribution < -0.4 is 5.32 Å². The fourth-order valence-corrected chi connectivity index (χ4v) is 2.10. The number of anilines is 1. The van der Waals surface area contributed by atoms with Crippen LogP contribution in [0.1, 0.15) is 11.1 Å². The number of carbonyl (C=O) groups is 2.